The first-order chi connectivity index (χ1) is 9.27. The number of rotatable bonds is 2. The van der Waals surface area contributed by atoms with Gasteiger partial charge < -0.3 is 0 Å². The summed E-state index contributed by atoms with van der Waals surface area (Å²) in [5.41, 5.74) is 2.94. The molecule has 0 atom stereocenters. The molecule has 1 saturated carbocycles. The van der Waals surface area contributed by atoms with Crippen LogP contribution in [0.25, 0.3) is 0 Å². The van der Waals surface area contributed by atoms with Gasteiger partial charge in [0.2, 0.25) is 0 Å². The average Bonchev–Trinajstić information content (AvgIpc) is 2.51. The summed E-state index contributed by atoms with van der Waals surface area (Å²) < 4.78 is 0. The third-order valence-electron chi connectivity index (χ3n) is 3.32. The molecule has 0 nitrogen and oxygen atoms in total. The van der Waals surface area contributed by atoms with Gasteiger partial charge in [-0.2, -0.15) is 0 Å². The molecule has 1 aliphatic rings. The van der Waals surface area contributed by atoms with Crippen molar-refractivity contribution in [3.8, 4) is 0 Å². The van der Waals surface area contributed by atoms with Crippen molar-refractivity contribution in [1.82, 2.24) is 0 Å². The molecular formula is C19H30. The van der Waals surface area contributed by atoms with Gasteiger partial charge in [-0.15, -0.1) is 0 Å². The van der Waals surface area contributed by atoms with Gasteiger partial charge in [-0.3, -0.25) is 0 Å². The van der Waals surface area contributed by atoms with E-state index < -0.39 is 0 Å². The molecule has 0 aromatic heterocycles. The third kappa shape index (κ3) is 7.66. The summed E-state index contributed by atoms with van der Waals surface area (Å²) >= 11 is 0. The first kappa shape index (κ1) is 17.7. The van der Waals surface area contributed by atoms with E-state index in [0.29, 0.717) is 0 Å². The Hall–Kier alpha value is -1.30. The Labute approximate surface area is 120 Å². The van der Waals surface area contributed by atoms with E-state index >= 15 is 0 Å². The number of hydrogen-bond acceptors (Lipinski definition) is 0. The standard InChI is InChI=1S/C13H18.C4H6.C2H6/c1-11-7-9-13(10-8-11)12-5-3-2-4-6-12;1-3-4-2;1-2/h7-10,12H,2-6H2,1H3;3-4H,1-2H2;1-2H3. The third-order valence-corrected chi connectivity index (χ3v) is 3.32. The lowest BCUT2D eigenvalue weighted by molar-refractivity contribution is 0.443. The van der Waals surface area contributed by atoms with Gasteiger partial charge >= 0.3 is 0 Å². The monoisotopic (exact) mass is 258 g/mol. The van der Waals surface area contributed by atoms with Gasteiger partial charge in [0.25, 0.3) is 0 Å². The van der Waals surface area contributed by atoms with Gasteiger partial charge in [0.1, 0.15) is 0 Å². The minimum Gasteiger partial charge on any atom is -0.0991 e. The maximum atomic E-state index is 3.36. The molecule has 0 spiro atoms. The van der Waals surface area contributed by atoms with E-state index in [0.717, 1.165) is 5.92 Å². The Balaban J connectivity index is 0.000000467. The molecule has 2 rings (SSSR count). The maximum absolute atomic E-state index is 3.36. The second-order valence-corrected chi connectivity index (χ2v) is 4.72. The van der Waals surface area contributed by atoms with Gasteiger partial charge in [0.15, 0.2) is 0 Å². The Bertz CT molecular complexity index is 320. The molecule has 0 amide bonds. The normalized spacial score (nSPS) is 14.3. The minimum absolute atomic E-state index is 0.856. The van der Waals surface area contributed by atoms with E-state index in [2.05, 4.69) is 44.3 Å². The van der Waals surface area contributed by atoms with Crippen LogP contribution < -0.4 is 0 Å². The summed E-state index contributed by atoms with van der Waals surface area (Å²) in [6.07, 6.45) is 10.4. The molecule has 0 heterocycles. The lowest BCUT2D eigenvalue weighted by Crippen LogP contribution is -2.04. The van der Waals surface area contributed by atoms with E-state index in [1.54, 1.807) is 17.7 Å². The first-order valence-corrected chi connectivity index (χ1v) is 7.58. The van der Waals surface area contributed by atoms with Crippen molar-refractivity contribution in [2.24, 2.45) is 0 Å². The summed E-state index contributed by atoms with van der Waals surface area (Å²) in [4.78, 5) is 0. The summed E-state index contributed by atoms with van der Waals surface area (Å²) in [6.45, 7) is 12.9. The van der Waals surface area contributed by atoms with Crippen molar-refractivity contribution in [1.29, 1.82) is 0 Å². The minimum atomic E-state index is 0.856. The molecule has 0 unspecified atom stereocenters. The molecular weight excluding hydrogens is 228 g/mol. The summed E-state index contributed by atoms with van der Waals surface area (Å²) in [5.74, 6) is 0.856. The van der Waals surface area contributed by atoms with Gasteiger partial charge in [0.05, 0.1) is 0 Å². The largest absolute Gasteiger partial charge is 0.0991 e. The molecule has 106 valence electrons. The lowest BCUT2D eigenvalue weighted by Gasteiger charge is -2.21. The Kier molecular flexibility index (Phi) is 11.0. The average molecular weight is 258 g/mol. The molecule has 0 aliphatic heterocycles. The zero-order valence-corrected chi connectivity index (χ0v) is 13.0. The molecule has 1 aliphatic carbocycles. The number of benzene rings is 1. The quantitative estimate of drug-likeness (QED) is 0.536. The van der Waals surface area contributed by atoms with Crippen molar-refractivity contribution in [2.75, 3.05) is 0 Å². The topological polar surface area (TPSA) is 0 Å². The number of aryl methyl sites for hydroxylation is 1. The summed E-state index contributed by atoms with van der Waals surface area (Å²) in [7, 11) is 0. The molecule has 19 heavy (non-hydrogen) atoms. The van der Waals surface area contributed by atoms with Crippen LogP contribution in [0.5, 0.6) is 0 Å². The SMILES string of the molecule is C=CC=C.CC.Cc1ccc(C2CCCCC2)cc1. The zero-order chi connectivity index (χ0) is 14.5. The summed E-state index contributed by atoms with van der Waals surface area (Å²) in [6, 6.07) is 9.10. The van der Waals surface area contributed by atoms with E-state index in [1.807, 2.05) is 13.8 Å². The highest BCUT2D eigenvalue weighted by atomic mass is 14.2. The Morgan fingerprint density at radius 2 is 1.37 bits per heavy atom. The highest BCUT2D eigenvalue weighted by Gasteiger charge is 2.14. The first-order valence-electron chi connectivity index (χ1n) is 7.58. The van der Waals surface area contributed by atoms with Crippen molar-refractivity contribution in [3.05, 3.63) is 60.7 Å². The smallest absolute Gasteiger partial charge is 0.0162 e. The Morgan fingerprint density at radius 3 is 1.79 bits per heavy atom. The molecule has 1 aromatic rings. The lowest BCUT2D eigenvalue weighted by atomic mass is 9.84. The van der Waals surface area contributed by atoms with E-state index in [9.17, 15) is 0 Å². The molecule has 0 heteroatoms. The van der Waals surface area contributed by atoms with E-state index in [4.69, 9.17) is 0 Å². The molecule has 1 aromatic carbocycles. The highest BCUT2D eigenvalue weighted by molar-refractivity contribution is 5.24. The molecule has 0 radical (unpaired) electrons. The fourth-order valence-electron chi connectivity index (χ4n) is 2.27. The summed E-state index contributed by atoms with van der Waals surface area (Å²) in [5, 5.41) is 0. The molecule has 0 bridgehead atoms. The molecule has 0 saturated heterocycles. The van der Waals surface area contributed by atoms with Crippen molar-refractivity contribution in [2.45, 2.75) is 58.8 Å². The highest BCUT2D eigenvalue weighted by Crippen LogP contribution is 2.32. The van der Waals surface area contributed by atoms with E-state index in [-0.39, 0.29) is 0 Å². The number of hydrogen-bond donors (Lipinski definition) is 0. The van der Waals surface area contributed by atoms with Gasteiger partial charge in [0, 0.05) is 0 Å². The Morgan fingerprint density at radius 1 is 0.895 bits per heavy atom. The molecule has 1 fully saturated rings. The van der Waals surface area contributed by atoms with Crippen LogP contribution in [0.15, 0.2) is 49.6 Å². The van der Waals surface area contributed by atoms with Crippen LogP contribution in [0.3, 0.4) is 0 Å². The van der Waals surface area contributed by atoms with Crippen molar-refractivity contribution in [3.63, 3.8) is 0 Å². The number of allylic oxidation sites excluding steroid dienone is 2. The van der Waals surface area contributed by atoms with Crippen LogP contribution in [-0.2, 0) is 0 Å². The van der Waals surface area contributed by atoms with Gasteiger partial charge in [-0.1, -0.05) is 88.2 Å². The van der Waals surface area contributed by atoms with Crippen LogP contribution in [0.1, 0.15) is 63.0 Å². The molecule has 0 N–H and O–H groups in total. The van der Waals surface area contributed by atoms with Crippen LogP contribution in [0.2, 0.25) is 0 Å². The predicted octanol–water partition coefficient (Wildman–Crippen LogP) is 6.43. The van der Waals surface area contributed by atoms with Crippen molar-refractivity contribution >= 4 is 0 Å². The van der Waals surface area contributed by atoms with Gasteiger partial charge in [-0.25, -0.2) is 0 Å². The van der Waals surface area contributed by atoms with Crippen LogP contribution >= 0.6 is 0 Å². The second-order valence-electron chi connectivity index (χ2n) is 4.72. The fraction of sp³-hybridized carbons (Fsp3) is 0.474. The zero-order valence-electron chi connectivity index (χ0n) is 13.0. The maximum Gasteiger partial charge on any atom is -0.0162 e. The van der Waals surface area contributed by atoms with E-state index in [1.165, 1.54) is 37.7 Å². The van der Waals surface area contributed by atoms with Crippen LogP contribution in [0, 0.1) is 6.92 Å². The predicted molar refractivity (Wildman–Crippen MR) is 88.7 cm³/mol. The van der Waals surface area contributed by atoms with Crippen molar-refractivity contribution < 1.29 is 0 Å². The van der Waals surface area contributed by atoms with Crippen LogP contribution in [0.4, 0.5) is 0 Å². The van der Waals surface area contributed by atoms with Crippen LogP contribution in [-0.4, -0.2) is 0 Å². The fourth-order valence-corrected chi connectivity index (χ4v) is 2.27. The second kappa shape index (κ2) is 11.8. The van der Waals surface area contributed by atoms with Gasteiger partial charge in [-0.05, 0) is 31.2 Å².